The summed E-state index contributed by atoms with van der Waals surface area (Å²) in [5.74, 6) is 0.364. The van der Waals surface area contributed by atoms with Gasteiger partial charge in [0.1, 0.15) is 12.1 Å². The third-order valence-corrected chi connectivity index (χ3v) is 7.56. The summed E-state index contributed by atoms with van der Waals surface area (Å²) in [5, 5.41) is 0. The van der Waals surface area contributed by atoms with Crippen LogP contribution in [0.5, 0.6) is 0 Å². The Morgan fingerprint density at radius 2 is 1.35 bits per heavy atom. The molecule has 0 unspecified atom stereocenters. The molecule has 5 rings (SSSR count). The van der Waals surface area contributed by atoms with Gasteiger partial charge in [0.05, 0.1) is 0 Å². The summed E-state index contributed by atoms with van der Waals surface area (Å²) in [7, 11) is 0. The van der Waals surface area contributed by atoms with E-state index in [-0.39, 0.29) is 18.4 Å². The molecule has 0 aromatic heterocycles. The lowest BCUT2D eigenvalue weighted by molar-refractivity contribution is -0.131. The van der Waals surface area contributed by atoms with Crippen LogP contribution in [0.2, 0.25) is 0 Å². The van der Waals surface area contributed by atoms with Crippen LogP contribution in [-0.2, 0) is 15.1 Å². The van der Waals surface area contributed by atoms with Crippen LogP contribution in [0.3, 0.4) is 0 Å². The smallest absolute Gasteiger partial charge is 0.417 e. The molecule has 1 aliphatic heterocycles. The Kier molecular flexibility index (Phi) is 6.48. The monoisotopic (exact) mass is 453 g/mol. The molecule has 0 N–H and O–H groups in total. The molecule has 1 heterocycles. The Hall–Kier alpha value is -3.40. The Morgan fingerprint density at radius 1 is 0.824 bits per heavy atom. The zero-order valence-corrected chi connectivity index (χ0v) is 19.4. The second-order valence-electron chi connectivity index (χ2n) is 9.50. The van der Waals surface area contributed by atoms with Crippen LogP contribution in [0, 0.1) is 5.92 Å². The number of carbonyl (C=O) groups excluding carboxylic acids is 2. The first-order valence-electron chi connectivity index (χ1n) is 12.4. The third-order valence-electron chi connectivity index (χ3n) is 7.56. The van der Waals surface area contributed by atoms with Crippen LogP contribution >= 0.6 is 0 Å². The predicted molar refractivity (Wildman–Crippen MR) is 132 cm³/mol. The summed E-state index contributed by atoms with van der Waals surface area (Å²) in [6.45, 7) is 0.116. The van der Waals surface area contributed by atoms with Gasteiger partial charge >= 0.3 is 6.09 Å². The number of amides is 2. The number of cyclic esters (lactones) is 1. The Morgan fingerprint density at radius 3 is 1.91 bits per heavy atom. The minimum Gasteiger partial charge on any atom is -0.446 e. The number of hydrogen-bond acceptors (Lipinski definition) is 3. The maximum Gasteiger partial charge on any atom is 0.417 e. The molecular weight excluding hydrogens is 422 g/mol. The van der Waals surface area contributed by atoms with E-state index in [0.717, 1.165) is 24.0 Å². The van der Waals surface area contributed by atoms with Gasteiger partial charge in [0.25, 0.3) is 0 Å². The largest absolute Gasteiger partial charge is 0.446 e. The maximum absolute atomic E-state index is 14.1. The number of benzene rings is 3. The van der Waals surface area contributed by atoms with Gasteiger partial charge in [-0.1, -0.05) is 110 Å². The van der Waals surface area contributed by atoms with E-state index in [0.29, 0.717) is 12.3 Å². The number of nitrogens with zero attached hydrogens (tertiary/aromatic N) is 1. The van der Waals surface area contributed by atoms with E-state index in [1.165, 1.54) is 29.7 Å². The summed E-state index contributed by atoms with van der Waals surface area (Å²) < 4.78 is 5.61. The van der Waals surface area contributed by atoms with Gasteiger partial charge in [0.2, 0.25) is 5.91 Å². The number of hydrogen-bond donors (Lipinski definition) is 0. The first-order valence-corrected chi connectivity index (χ1v) is 12.4. The number of imide groups is 1. The first kappa shape index (κ1) is 22.4. The average Bonchev–Trinajstić information content (AvgIpc) is 3.27. The van der Waals surface area contributed by atoms with Gasteiger partial charge in [-0.05, 0) is 41.4 Å². The molecule has 2 fully saturated rings. The summed E-state index contributed by atoms with van der Waals surface area (Å²) in [6.07, 6.45) is 5.64. The fourth-order valence-electron chi connectivity index (χ4n) is 5.86. The van der Waals surface area contributed by atoms with Gasteiger partial charge in [0, 0.05) is 6.42 Å². The van der Waals surface area contributed by atoms with Crippen LogP contribution in [0.1, 0.15) is 61.1 Å². The van der Waals surface area contributed by atoms with Crippen LogP contribution in [0.25, 0.3) is 0 Å². The zero-order chi connectivity index (χ0) is 23.4. The minimum absolute atomic E-state index is 0.0895. The minimum atomic E-state index is -0.968. The van der Waals surface area contributed by atoms with Crippen molar-refractivity contribution in [3.8, 4) is 0 Å². The lowest BCUT2D eigenvalue weighted by Crippen LogP contribution is -2.49. The Balaban J connectivity index is 1.54. The van der Waals surface area contributed by atoms with E-state index in [1.54, 1.807) is 0 Å². The van der Waals surface area contributed by atoms with Crippen LogP contribution < -0.4 is 0 Å². The van der Waals surface area contributed by atoms with Crippen molar-refractivity contribution in [1.29, 1.82) is 0 Å². The molecule has 3 aromatic rings. The van der Waals surface area contributed by atoms with E-state index in [9.17, 15) is 9.59 Å². The number of carbonyl (C=O) groups is 2. The van der Waals surface area contributed by atoms with Crippen molar-refractivity contribution < 1.29 is 14.3 Å². The van der Waals surface area contributed by atoms with Crippen LogP contribution in [0.4, 0.5) is 4.79 Å². The molecule has 3 aromatic carbocycles. The van der Waals surface area contributed by atoms with Gasteiger partial charge < -0.3 is 4.74 Å². The zero-order valence-electron chi connectivity index (χ0n) is 19.4. The lowest BCUT2D eigenvalue weighted by atomic mass is 9.74. The summed E-state index contributed by atoms with van der Waals surface area (Å²) >= 11 is 0. The van der Waals surface area contributed by atoms with E-state index in [4.69, 9.17) is 4.74 Å². The fourth-order valence-corrected chi connectivity index (χ4v) is 5.86. The standard InChI is InChI=1S/C30H31NO3/c32-28(21-27(23-13-5-1-6-14-23)24-15-7-2-8-16-24)31-29(33)34-22-30(31,25-17-9-3-10-18-25)26-19-11-4-12-20-26/h1,3-6,9-14,17-20,24,27H,2,7-8,15-16,21-22H2/t27-/m0/s1. The van der Waals surface area contributed by atoms with Gasteiger partial charge in [-0.2, -0.15) is 0 Å². The highest BCUT2D eigenvalue weighted by atomic mass is 16.6. The third kappa shape index (κ3) is 4.13. The van der Waals surface area contributed by atoms with Crippen molar-refractivity contribution in [3.05, 3.63) is 108 Å². The highest BCUT2D eigenvalue weighted by Gasteiger charge is 2.53. The van der Waals surface area contributed by atoms with Gasteiger partial charge in [-0.3, -0.25) is 4.79 Å². The molecule has 1 saturated heterocycles. The van der Waals surface area contributed by atoms with Crippen molar-refractivity contribution in [2.24, 2.45) is 5.92 Å². The van der Waals surface area contributed by atoms with Gasteiger partial charge in [-0.15, -0.1) is 0 Å². The molecule has 0 radical (unpaired) electrons. The van der Waals surface area contributed by atoms with Gasteiger partial charge in [0.15, 0.2) is 0 Å². The maximum atomic E-state index is 14.1. The van der Waals surface area contributed by atoms with Crippen LogP contribution in [-0.4, -0.2) is 23.5 Å². The predicted octanol–water partition coefficient (Wildman–Crippen LogP) is 6.66. The quantitative estimate of drug-likeness (QED) is 0.419. The molecule has 1 atom stereocenters. The molecule has 2 amide bonds. The molecule has 1 aliphatic carbocycles. The highest BCUT2D eigenvalue weighted by molar-refractivity contribution is 5.95. The SMILES string of the molecule is O=C(C[C@@H](c1ccccc1)C1CCCCC1)N1C(=O)OCC1(c1ccccc1)c1ccccc1. The molecule has 0 spiro atoms. The number of rotatable bonds is 6. The molecule has 0 bridgehead atoms. The second-order valence-corrected chi connectivity index (χ2v) is 9.50. The second kappa shape index (κ2) is 9.84. The normalized spacial score (nSPS) is 18.9. The van der Waals surface area contributed by atoms with Crippen molar-refractivity contribution in [2.45, 2.75) is 50.0 Å². The Labute approximate surface area is 201 Å². The van der Waals surface area contributed by atoms with Crippen LogP contribution in [0.15, 0.2) is 91.0 Å². The fraction of sp³-hybridized carbons (Fsp3) is 0.333. The van der Waals surface area contributed by atoms with E-state index in [2.05, 4.69) is 12.1 Å². The van der Waals surface area contributed by atoms with E-state index >= 15 is 0 Å². The topological polar surface area (TPSA) is 46.6 Å². The van der Waals surface area contributed by atoms with Crippen molar-refractivity contribution in [3.63, 3.8) is 0 Å². The number of ether oxygens (including phenoxy) is 1. The molecule has 174 valence electrons. The molecular formula is C30H31NO3. The van der Waals surface area contributed by atoms with E-state index < -0.39 is 11.6 Å². The summed E-state index contributed by atoms with van der Waals surface area (Å²) in [5.41, 5.74) is 1.98. The molecule has 4 nitrogen and oxygen atoms in total. The lowest BCUT2D eigenvalue weighted by Gasteiger charge is -2.37. The van der Waals surface area contributed by atoms with Gasteiger partial charge in [-0.25, -0.2) is 9.69 Å². The molecule has 34 heavy (non-hydrogen) atoms. The van der Waals surface area contributed by atoms with E-state index in [1.807, 2.05) is 78.9 Å². The first-order chi connectivity index (χ1) is 16.7. The summed E-state index contributed by atoms with van der Waals surface area (Å²) in [6, 6.07) is 29.9. The van der Waals surface area contributed by atoms with Crippen molar-refractivity contribution in [2.75, 3.05) is 6.61 Å². The average molecular weight is 454 g/mol. The Bertz CT molecular complexity index is 1070. The molecule has 4 heteroatoms. The highest BCUT2D eigenvalue weighted by Crippen LogP contribution is 2.44. The summed E-state index contributed by atoms with van der Waals surface area (Å²) in [4.78, 5) is 28.6. The van der Waals surface area contributed by atoms with Crippen molar-refractivity contribution >= 4 is 12.0 Å². The molecule has 2 aliphatic rings. The van der Waals surface area contributed by atoms with Crippen molar-refractivity contribution in [1.82, 2.24) is 4.90 Å². The molecule has 1 saturated carbocycles.